The molecule has 0 amide bonds. The summed E-state index contributed by atoms with van der Waals surface area (Å²) >= 11 is 3.01. The van der Waals surface area contributed by atoms with E-state index in [9.17, 15) is 4.79 Å². The van der Waals surface area contributed by atoms with Gasteiger partial charge in [-0.3, -0.25) is 4.79 Å². The molecule has 2 heterocycles. The predicted molar refractivity (Wildman–Crippen MR) is 72.6 cm³/mol. The third kappa shape index (κ3) is 1.62. The molecule has 17 heavy (non-hydrogen) atoms. The number of aryl methyl sites for hydroxylation is 2. The lowest BCUT2D eigenvalue weighted by molar-refractivity contribution is 1.08. The van der Waals surface area contributed by atoms with Crippen LogP contribution in [0.25, 0.3) is 15.2 Å². The smallest absolute Gasteiger partial charge is 0.267 e. The molecule has 0 radical (unpaired) electrons. The van der Waals surface area contributed by atoms with E-state index in [1.54, 1.807) is 15.3 Å². The maximum atomic E-state index is 12.2. The van der Waals surface area contributed by atoms with Crippen molar-refractivity contribution in [1.82, 2.24) is 8.94 Å². The van der Waals surface area contributed by atoms with E-state index in [1.165, 1.54) is 11.5 Å². The molecule has 1 aromatic carbocycles. The lowest BCUT2D eigenvalue weighted by atomic mass is 10.3. The van der Waals surface area contributed by atoms with Crippen LogP contribution in [-0.2, 0) is 0 Å². The number of hydrogen-bond donors (Lipinski definition) is 0. The Morgan fingerprint density at radius 1 is 1.24 bits per heavy atom. The zero-order valence-electron chi connectivity index (χ0n) is 9.43. The summed E-state index contributed by atoms with van der Waals surface area (Å²) in [7, 11) is 0. The van der Waals surface area contributed by atoms with E-state index < -0.39 is 0 Å². The minimum atomic E-state index is 0.0272. The Balaban J connectivity index is 2.31. The van der Waals surface area contributed by atoms with E-state index in [2.05, 4.69) is 4.98 Å². The van der Waals surface area contributed by atoms with Gasteiger partial charge in [-0.05, 0) is 37.5 Å². The van der Waals surface area contributed by atoms with Crippen molar-refractivity contribution >= 4 is 33.0 Å². The van der Waals surface area contributed by atoms with Gasteiger partial charge in [0.15, 0.2) is 0 Å². The molecule has 0 aliphatic carbocycles. The molecular formula is C12H10N2OS2. The SMILES string of the molecule is Cc1nc(-n2sc3ccccc3c2=O)sc1C. The van der Waals surface area contributed by atoms with Crippen LogP contribution in [0.3, 0.4) is 0 Å². The third-order valence-corrected chi connectivity index (χ3v) is 4.93. The van der Waals surface area contributed by atoms with Crippen LogP contribution < -0.4 is 5.56 Å². The van der Waals surface area contributed by atoms with Crippen molar-refractivity contribution in [3.8, 4) is 5.13 Å². The van der Waals surface area contributed by atoms with Crippen LogP contribution in [0.1, 0.15) is 10.6 Å². The lowest BCUT2D eigenvalue weighted by Crippen LogP contribution is -2.10. The van der Waals surface area contributed by atoms with Gasteiger partial charge in [0.2, 0.25) is 5.13 Å². The average molecular weight is 262 g/mol. The van der Waals surface area contributed by atoms with Gasteiger partial charge in [-0.2, -0.15) is 0 Å². The summed E-state index contributed by atoms with van der Waals surface area (Å²) in [5, 5.41) is 1.54. The van der Waals surface area contributed by atoms with Crippen LogP contribution >= 0.6 is 22.9 Å². The molecule has 5 heteroatoms. The summed E-state index contributed by atoms with van der Waals surface area (Å²) in [6.07, 6.45) is 0. The minimum absolute atomic E-state index is 0.0272. The highest BCUT2D eigenvalue weighted by atomic mass is 32.1. The van der Waals surface area contributed by atoms with Crippen LogP contribution in [0.15, 0.2) is 29.1 Å². The van der Waals surface area contributed by atoms with E-state index >= 15 is 0 Å². The lowest BCUT2D eigenvalue weighted by Gasteiger charge is -1.90. The Bertz CT molecular complexity index is 732. The number of rotatable bonds is 1. The molecule has 0 atom stereocenters. The van der Waals surface area contributed by atoms with Gasteiger partial charge in [0.05, 0.1) is 15.8 Å². The van der Waals surface area contributed by atoms with Crippen LogP contribution in [0, 0.1) is 13.8 Å². The first kappa shape index (κ1) is 10.7. The zero-order chi connectivity index (χ0) is 12.0. The predicted octanol–water partition coefficient (Wildman–Crippen LogP) is 3.13. The maximum absolute atomic E-state index is 12.2. The average Bonchev–Trinajstić information content (AvgIpc) is 2.82. The van der Waals surface area contributed by atoms with Gasteiger partial charge in [0, 0.05) is 4.88 Å². The van der Waals surface area contributed by atoms with Gasteiger partial charge in [0.25, 0.3) is 5.56 Å². The molecule has 0 aliphatic rings. The van der Waals surface area contributed by atoms with Crippen molar-refractivity contribution in [1.29, 1.82) is 0 Å². The maximum Gasteiger partial charge on any atom is 0.275 e. The molecule has 0 aliphatic heterocycles. The number of benzene rings is 1. The normalized spacial score (nSPS) is 11.2. The van der Waals surface area contributed by atoms with Crippen molar-refractivity contribution in [2.75, 3.05) is 0 Å². The van der Waals surface area contributed by atoms with Gasteiger partial charge in [-0.1, -0.05) is 12.1 Å². The fourth-order valence-corrected chi connectivity index (χ4v) is 3.57. The molecule has 0 N–H and O–H groups in total. The van der Waals surface area contributed by atoms with Gasteiger partial charge in [0.1, 0.15) is 0 Å². The highest BCUT2D eigenvalue weighted by Gasteiger charge is 2.12. The summed E-state index contributed by atoms with van der Waals surface area (Å²) in [5.74, 6) is 0. The standard InChI is InChI=1S/C12H10N2OS2/c1-7-8(2)16-12(13-7)14-11(15)9-5-3-4-6-10(9)17-14/h3-6H,1-2H3. The number of aromatic nitrogens is 2. The number of fused-ring (bicyclic) bond motifs is 1. The molecular weight excluding hydrogens is 252 g/mol. The largest absolute Gasteiger partial charge is 0.275 e. The summed E-state index contributed by atoms with van der Waals surface area (Å²) in [4.78, 5) is 17.8. The summed E-state index contributed by atoms with van der Waals surface area (Å²) in [5.41, 5.74) is 1.02. The molecule has 3 aromatic rings. The summed E-state index contributed by atoms with van der Waals surface area (Å²) in [6.45, 7) is 3.99. The van der Waals surface area contributed by atoms with E-state index in [4.69, 9.17) is 0 Å². The van der Waals surface area contributed by atoms with Crippen molar-refractivity contribution in [2.45, 2.75) is 13.8 Å². The number of nitrogens with zero attached hydrogens (tertiary/aromatic N) is 2. The van der Waals surface area contributed by atoms with Crippen LogP contribution in [0.4, 0.5) is 0 Å². The molecule has 86 valence electrons. The van der Waals surface area contributed by atoms with Gasteiger partial charge < -0.3 is 0 Å². The van der Waals surface area contributed by atoms with Crippen LogP contribution in [0.5, 0.6) is 0 Å². The quantitative estimate of drug-likeness (QED) is 0.675. The van der Waals surface area contributed by atoms with Crippen molar-refractivity contribution in [2.24, 2.45) is 0 Å². The summed E-state index contributed by atoms with van der Waals surface area (Å²) < 4.78 is 2.68. The van der Waals surface area contributed by atoms with Crippen LogP contribution in [0.2, 0.25) is 0 Å². The highest BCUT2D eigenvalue weighted by molar-refractivity contribution is 7.18. The van der Waals surface area contributed by atoms with Crippen molar-refractivity contribution in [3.05, 3.63) is 45.2 Å². The van der Waals surface area contributed by atoms with E-state index in [1.807, 2.05) is 38.1 Å². The molecule has 0 saturated carbocycles. The zero-order valence-corrected chi connectivity index (χ0v) is 11.1. The van der Waals surface area contributed by atoms with Crippen LogP contribution in [-0.4, -0.2) is 8.94 Å². The molecule has 0 fully saturated rings. The molecule has 0 saturated heterocycles. The van der Waals surface area contributed by atoms with E-state index in [0.717, 1.165) is 25.8 Å². The molecule has 0 bridgehead atoms. The second-order valence-corrected chi connectivity index (χ2v) is 5.99. The second-order valence-electron chi connectivity index (χ2n) is 3.83. The second kappa shape index (κ2) is 3.78. The Labute approximate surface area is 106 Å². The first-order valence-corrected chi connectivity index (χ1v) is 6.81. The Kier molecular flexibility index (Phi) is 2.38. The van der Waals surface area contributed by atoms with E-state index in [0.29, 0.717) is 0 Å². The van der Waals surface area contributed by atoms with Crippen molar-refractivity contribution in [3.63, 3.8) is 0 Å². The van der Waals surface area contributed by atoms with Crippen molar-refractivity contribution < 1.29 is 0 Å². The fraction of sp³-hybridized carbons (Fsp3) is 0.167. The Hall–Kier alpha value is -1.46. The topological polar surface area (TPSA) is 34.9 Å². The molecule has 3 nitrogen and oxygen atoms in total. The summed E-state index contributed by atoms with van der Waals surface area (Å²) in [6, 6.07) is 7.66. The molecule has 2 aromatic heterocycles. The molecule has 0 unspecified atom stereocenters. The third-order valence-electron chi connectivity index (χ3n) is 2.68. The molecule has 0 spiro atoms. The monoisotopic (exact) mass is 262 g/mol. The highest BCUT2D eigenvalue weighted by Crippen LogP contribution is 2.24. The number of thiazole rings is 1. The first-order chi connectivity index (χ1) is 8.16. The number of hydrogen-bond acceptors (Lipinski definition) is 4. The Morgan fingerprint density at radius 2 is 2.00 bits per heavy atom. The van der Waals surface area contributed by atoms with Gasteiger partial charge >= 0.3 is 0 Å². The first-order valence-electron chi connectivity index (χ1n) is 5.22. The minimum Gasteiger partial charge on any atom is -0.267 e. The molecule has 3 rings (SSSR count). The fourth-order valence-electron chi connectivity index (χ4n) is 1.64. The van der Waals surface area contributed by atoms with Gasteiger partial charge in [-0.25, -0.2) is 8.94 Å². The Morgan fingerprint density at radius 3 is 2.65 bits per heavy atom. The van der Waals surface area contributed by atoms with E-state index in [-0.39, 0.29) is 5.56 Å². The van der Waals surface area contributed by atoms with Gasteiger partial charge in [-0.15, -0.1) is 11.3 Å².